The van der Waals surface area contributed by atoms with E-state index in [2.05, 4.69) is 41.9 Å². The lowest BCUT2D eigenvalue weighted by atomic mass is 10.1. The van der Waals surface area contributed by atoms with Crippen molar-refractivity contribution >= 4 is 40.1 Å². The van der Waals surface area contributed by atoms with Crippen LogP contribution in [0.5, 0.6) is 0 Å². The third-order valence-corrected chi connectivity index (χ3v) is 5.62. The zero-order valence-corrected chi connectivity index (χ0v) is 17.9. The average Bonchev–Trinajstić information content (AvgIpc) is 2.96. The number of aromatic nitrogens is 2. The second-order valence-electron chi connectivity index (χ2n) is 7.23. The Balaban J connectivity index is 1.92. The molecule has 4 nitrogen and oxygen atoms in total. The molecule has 3 aromatic rings. The lowest BCUT2D eigenvalue weighted by molar-refractivity contribution is -0.121. The third-order valence-electron chi connectivity index (χ3n) is 4.90. The van der Waals surface area contributed by atoms with Crippen molar-refractivity contribution in [3.05, 3.63) is 63.4 Å². The minimum atomic E-state index is 0.0396. The Morgan fingerprint density at radius 1 is 1.21 bits per heavy atom. The van der Waals surface area contributed by atoms with E-state index in [9.17, 15) is 4.79 Å². The fraction of sp³-hybridized carbons (Fsp3) is 0.364. The number of carbonyl (C=O) groups is 1. The van der Waals surface area contributed by atoms with Gasteiger partial charge in [-0.05, 0) is 38.0 Å². The van der Waals surface area contributed by atoms with Gasteiger partial charge in [0.2, 0.25) is 5.91 Å². The fourth-order valence-electron chi connectivity index (χ4n) is 3.22. The first-order chi connectivity index (χ1) is 13.4. The Bertz CT molecular complexity index is 997. The minimum Gasteiger partial charge on any atom is -0.354 e. The molecule has 0 spiro atoms. The number of fused-ring (bicyclic) bond motifs is 1. The molecule has 1 atom stereocenters. The van der Waals surface area contributed by atoms with Crippen molar-refractivity contribution < 1.29 is 4.79 Å². The maximum atomic E-state index is 12.3. The van der Waals surface area contributed by atoms with Crippen LogP contribution in [0.25, 0.3) is 11.0 Å². The Morgan fingerprint density at radius 2 is 1.96 bits per heavy atom. The van der Waals surface area contributed by atoms with Crippen LogP contribution in [-0.4, -0.2) is 21.5 Å². The van der Waals surface area contributed by atoms with Crippen LogP contribution in [0.4, 0.5) is 0 Å². The number of carbonyl (C=O) groups excluding carboxylic acids is 1. The van der Waals surface area contributed by atoms with Gasteiger partial charge in [-0.1, -0.05) is 60.0 Å². The van der Waals surface area contributed by atoms with Crippen molar-refractivity contribution in [1.82, 2.24) is 14.9 Å². The van der Waals surface area contributed by atoms with Gasteiger partial charge >= 0.3 is 0 Å². The van der Waals surface area contributed by atoms with Gasteiger partial charge in [-0.15, -0.1) is 0 Å². The molecule has 0 aliphatic heterocycles. The van der Waals surface area contributed by atoms with Gasteiger partial charge in [-0.25, -0.2) is 4.98 Å². The summed E-state index contributed by atoms with van der Waals surface area (Å²) in [5.74, 6) is 0.938. The summed E-state index contributed by atoms with van der Waals surface area (Å²) in [5, 5.41) is 3.99. The van der Waals surface area contributed by atoms with Crippen molar-refractivity contribution in [3.8, 4) is 0 Å². The van der Waals surface area contributed by atoms with E-state index in [0.29, 0.717) is 29.4 Å². The molecule has 0 unspecified atom stereocenters. The van der Waals surface area contributed by atoms with Crippen LogP contribution in [0.15, 0.2) is 36.4 Å². The molecule has 1 amide bonds. The van der Waals surface area contributed by atoms with Crippen LogP contribution in [0, 0.1) is 6.92 Å². The molecule has 0 aliphatic carbocycles. The highest BCUT2D eigenvalue weighted by Gasteiger charge is 2.15. The summed E-state index contributed by atoms with van der Waals surface area (Å²) in [6, 6.07) is 12.2. The SMILES string of the molecule is CC[C@H](C)NC(=O)CCn1c(Cc2cccc(C)c2)nc2cc(Cl)c(Cl)cc21. The number of nitrogens with one attached hydrogen (secondary N) is 1. The van der Waals surface area contributed by atoms with E-state index < -0.39 is 0 Å². The summed E-state index contributed by atoms with van der Waals surface area (Å²) in [6.45, 7) is 6.68. The predicted octanol–water partition coefficient (Wildman–Crippen LogP) is 5.55. The third kappa shape index (κ3) is 4.86. The summed E-state index contributed by atoms with van der Waals surface area (Å²) < 4.78 is 2.08. The number of rotatable bonds is 7. The molecule has 3 rings (SSSR count). The summed E-state index contributed by atoms with van der Waals surface area (Å²) in [5.41, 5.74) is 4.07. The first-order valence-electron chi connectivity index (χ1n) is 9.56. The fourth-order valence-corrected chi connectivity index (χ4v) is 3.54. The van der Waals surface area contributed by atoms with E-state index in [1.807, 2.05) is 19.1 Å². The van der Waals surface area contributed by atoms with Crippen molar-refractivity contribution in [3.63, 3.8) is 0 Å². The van der Waals surface area contributed by atoms with Gasteiger partial charge in [0.25, 0.3) is 0 Å². The number of hydrogen-bond acceptors (Lipinski definition) is 2. The maximum Gasteiger partial charge on any atom is 0.221 e. The average molecular weight is 418 g/mol. The Labute approximate surface area is 175 Å². The van der Waals surface area contributed by atoms with Crippen LogP contribution >= 0.6 is 23.2 Å². The van der Waals surface area contributed by atoms with Crippen molar-refractivity contribution in [1.29, 1.82) is 0 Å². The standard InChI is InChI=1S/C22H25Cl2N3O/c1-4-15(3)25-22(28)8-9-27-20-13-18(24)17(23)12-19(20)26-21(27)11-16-7-5-6-14(2)10-16/h5-7,10,12-13,15H,4,8-9,11H2,1-3H3,(H,25,28)/t15-/m0/s1. The molecule has 2 aromatic carbocycles. The number of nitrogens with zero attached hydrogens (tertiary/aromatic N) is 2. The molecule has 0 aliphatic rings. The largest absolute Gasteiger partial charge is 0.354 e. The van der Waals surface area contributed by atoms with Crippen LogP contribution in [0.3, 0.4) is 0 Å². The quantitative estimate of drug-likeness (QED) is 0.547. The molecule has 1 aromatic heterocycles. The molecule has 0 fully saturated rings. The van der Waals surface area contributed by atoms with Crippen molar-refractivity contribution in [2.24, 2.45) is 0 Å². The predicted molar refractivity (Wildman–Crippen MR) is 116 cm³/mol. The first kappa shape index (κ1) is 20.7. The zero-order chi connectivity index (χ0) is 20.3. The molecule has 0 saturated heterocycles. The van der Waals surface area contributed by atoms with Crippen molar-refractivity contribution in [2.75, 3.05) is 0 Å². The number of imidazole rings is 1. The van der Waals surface area contributed by atoms with E-state index >= 15 is 0 Å². The summed E-state index contributed by atoms with van der Waals surface area (Å²) in [4.78, 5) is 17.1. The first-order valence-corrected chi connectivity index (χ1v) is 10.3. The highest BCUT2D eigenvalue weighted by molar-refractivity contribution is 6.42. The van der Waals surface area contributed by atoms with E-state index in [1.54, 1.807) is 6.07 Å². The van der Waals surface area contributed by atoms with E-state index in [-0.39, 0.29) is 11.9 Å². The Kier molecular flexibility index (Phi) is 6.63. The van der Waals surface area contributed by atoms with E-state index in [1.165, 1.54) is 11.1 Å². The van der Waals surface area contributed by atoms with Gasteiger partial charge in [0.15, 0.2) is 0 Å². The van der Waals surface area contributed by atoms with Gasteiger partial charge in [0.05, 0.1) is 21.1 Å². The molecule has 6 heteroatoms. The molecule has 148 valence electrons. The van der Waals surface area contributed by atoms with Gasteiger partial charge in [0, 0.05) is 25.4 Å². The molecule has 0 saturated carbocycles. The lowest BCUT2D eigenvalue weighted by Gasteiger charge is -2.13. The monoisotopic (exact) mass is 417 g/mol. The van der Waals surface area contributed by atoms with E-state index in [4.69, 9.17) is 28.2 Å². The zero-order valence-electron chi connectivity index (χ0n) is 16.4. The van der Waals surface area contributed by atoms with Gasteiger partial charge in [0.1, 0.15) is 5.82 Å². The summed E-state index contributed by atoms with van der Waals surface area (Å²) >= 11 is 12.4. The minimum absolute atomic E-state index is 0.0396. The number of hydrogen-bond donors (Lipinski definition) is 1. The van der Waals surface area contributed by atoms with E-state index in [0.717, 1.165) is 23.3 Å². The van der Waals surface area contributed by atoms with Gasteiger partial charge in [-0.3, -0.25) is 4.79 Å². The van der Waals surface area contributed by atoms with Crippen LogP contribution in [0.2, 0.25) is 10.0 Å². The summed E-state index contributed by atoms with van der Waals surface area (Å²) in [7, 11) is 0. The molecular formula is C22H25Cl2N3O. The lowest BCUT2D eigenvalue weighted by Crippen LogP contribution is -2.32. The Morgan fingerprint density at radius 3 is 2.68 bits per heavy atom. The Hall–Kier alpha value is -2.04. The second kappa shape index (κ2) is 8.97. The molecule has 28 heavy (non-hydrogen) atoms. The topological polar surface area (TPSA) is 46.9 Å². The maximum absolute atomic E-state index is 12.3. The molecule has 0 bridgehead atoms. The highest BCUT2D eigenvalue weighted by Crippen LogP contribution is 2.29. The normalized spacial score (nSPS) is 12.3. The number of aryl methyl sites for hydroxylation is 2. The molecule has 1 N–H and O–H groups in total. The molecular weight excluding hydrogens is 393 g/mol. The van der Waals surface area contributed by atoms with Crippen LogP contribution in [-0.2, 0) is 17.8 Å². The van der Waals surface area contributed by atoms with Gasteiger partial charge < -0.3 is 9.88 Å². The number of benzene rings is 2. The number of amides is 1. The number of halogens is 2. The highest BCUT2D eigenvalue weighted by atomic mass is 35.5. The summed E-state index contributed by atoms with van der Waals surface area (Å²) in [6.07, 6.45) is 1.97. The smallest absolute Gasteiger partial charge is 0.221 e. The second-order valence-corrected chi connectivity index (χ2v) is 8.04. The molecule has 1 heterocycles. The van der Waals surface area contributed by atoms with Crippen molar-refractivity contribution in [2.45, 2.75) is 52.6 Å². The molecule has 0 radical (unpaired) electrons. The van der Waals surface area contributed by atoms with Gasteiger partial charge in [-0.2, -0.15) is 0 Å². The van der Waals surface area contributed by atoms with Crippen LogP contribution < -0.4 is 5.32 Å². The van der Waals surface area contributed by atoms with Crippen LogP contribution in [0.1, 0.15) is 43.6 Å².